The van der Waals surface area contributed by atoms with Gasteiger partial charge in [0.25, 0.3) is 0 Å². The van der Waals surface area contributed by atoms with Gasteiger partial charge in [-0.15, -0.1) is 0 Å². The number of ether oxygens (including phenoxy) is 1. The van der Waals surface area contributed by atoms with E-state index in [1.807, 2.05) is 0 Å². The number of hydrogen-bond acceptors (Lipinski definition) is 4. The molecule has 4 N–H and O–H groups in total. The Hall–Kier alpha value is -1.73. The van der Waals surface area contributed by atoms with Gasteiger partial charge in [0.2, 0.25) is 0 Å². The number of fused-ring (bicyclic) bond motifs is 2. The van der Waals surface area contributed by atoms with E-state index in [1.54, 1.807) is 19.3 Å². The van der Waals surface area contributed by atoms with Crippen LogP contribution in [0.5, 0.6) is 0 Å². The first-order valence-electron chi connectivity index (χ1n) is 8.02. The molecule has 3 rings (SSSR count). The zero-order chi connectivity index (χ0) is 17.6. The number of rotatable bonds is 1. The number of alkyl halides is 3. The van der Waals surface area contributed by atoms with Gasteiger partial charge in [-0.05, 0) is 55.6 Å². The summed E-state index contributed by atoms with van der Waals surface area (Å²) in [6.07, 6.45) is 1.04. The minimum absolute atomic E-state index is 0.372. The smallest absolute Gasteiger partial charge is 0.403 e. The Morgan fingerprint density at radius 2 is 2.00 bits per heavy atom. The lowest BCUT2D eigenvalue weighted by atomic mass is 9.79. The molecule has 24 heavy (non-hydrogen) atoms. The Labute approximate surface area is 140 Å². The van der Waals surface area contributed by atoms with Crippen molar-refractivity contribution in [2.45, 2.75) is 31.0 Å². The second-order valence-corrected chi connectivity index (χ2v) is 5.86. The lowest BCUT2D eigenvalue weighted by Gasteiger charge is -2.42. The molecule has 0 aromatic heterocycles. The quantitative estimate of drug-likeness (QED) is 0.733. The van der Waals surface area contributed by atoms with Crippen LogP contribution in [0.15, 0.2) is 30.6 Å². The van der Waals surface area contributed by atoms with E-state index in [2.05, 4.69) is 10.6 Å². The highest BCUT2D eigenvalue weighted by molar-refractivity contribution is 5.39. The van der Waals surface area contributed by atoms with Crippen LogP contribution in [-0.4, -0.2) is 26.7 Å². The Bertz CT molecular complexity index is 567. The minimum Gasteiger partial charge on any atom is -0.403 e. The number of nitrogens with one attached hydrogen (secondary N) is 2. The molecule has 1 spiro atoms. The molecule has 1 saturated heterocycles. The van der Waals surface area contributed by atoms with E-state index < -0.39 is 11.7 Å². The van der Waals surface area contributed by atoms with Crippen molar-refractivity contribution in [1.82, 2.24) is 10.6 Å². The number of piperidine rings is 1. The number of hydrogen-bond donors (Lipinski definition) is 3. The van der Waals surface area contributed by atoms with Crippen molar-refractivity contribution in [3.8, 4) is 0 Å². The maximum Gasteiger partial charge on any atom is 0.416 e. The first kappa shape index (κ1) is 18.6. The van der Waals surface area contributed by atoms with Crippen molar-refractivity contribution in [3.05, 3.63) is 47.3 Å². The third-order valence-electron chi connectivity index (χ3n) is 4.35. The van der Waals surface area contributed by atoms with Gasteiger partial charge in [-0.2, -0.15) is 13.2 Å². The van der Waals surface area contributed by atoms with E-state index in [4.69, 9.17) is 10.5 Å². The summed E-state index contributed by atoms with van der Waals surface area (Å²) in [5.41, 5.74) is 5.71. The van der Waals surface area contributed by atoms with Crippen LogP contribution in [0.3, 0.4) is 0 Å². The normalized spacial score (nSPS) is 19.5. The van der Waals surface area contributed by atoms with Crippen LogP contribution in [0.25, 0.3) is 0 Å². The summed E-state index contributed by atoms with van der Waals surface area (Å²) in [4.78, 5) is 0. The molecule has 7 heteroatoms. The Morgan fingerprint density at radius 1 is 1.29 bits per heavy atom. The zero-order valence-corrected chi connectivity index (χ0v) is 13.7. The van der Waals surface area contributed by atoms with Crippen molar-refractivity contribution in [2.75, 3.05) is 26.7 Å². The molecule has 1 fully saturated rings. The van der Waals surface area contributed by atoms with Crippen molar-refractivity contribution >= 4 is 0 Å². The number of halogens is 3. The monoisotopic (exact) mass is 343 g/mol. The molecule has 134 valence electrons. The standard InChI is InChI=1S/C14H16F3NO.C3H8N2/c15-14(16,17)11-1-2-12-10(9-11)3-8-19-13(12)4-6-18-7-5-13;1-5-3-2-4/h1-2,9,18H,3-8H2;2-3,5H,4H2,1H3/b;3-2-. The highest BCUT2D eigenvalue weighted by Gasteiger charge is 2.40. The lowest BCUT2D eigenvalue weighted by Crippen LogP contribution is -2.44. The van der Waals surface area contributed by atoms with Crippen LogP contribution in [0, 0.1) is 0 Å². The predicted octanol–water partition coefficient (Wildman–Crippen LogP) is 2.49. The first-order chi connectivity index (χ1) is 11.4. The summed E-state index contributed by atoms with van der Waals surface area (Å²) in [5, 5.41) is 5.97. The highest BCUT2D eigenvalue weighted by Crippen LogP contribution is 2.41. The van der Waals surface area contributed by atoms with Crippen molar-refractivity contribution in [3.63, 3.8) is 0 Å². The average Bonchev–Trinajstić information content (AvgIpc) is 2.56. The molecule has 0 unspecified atom stereocenters. The highest BCUT2D eigenvalue weighted by atomic mass is 19.4. The van der Waals surface area contributed by atoms with Gasteiger partial charge in [-0.3, -0.25) is 0 Å². The fraction of sp³-hybridized carbons (Fsp3) is 0.529. The van der Waals surface area contributed by atoms with Crippen LogP contribution in [0.1, 0.15) is 29.5 Å². The molecule has 1 aromatic rings. The molecule has 2 heterocycles. The summed E-state index contributed by atoms with van der Waals surface area (Å²) in [6.45, 7) is 2.20. The topological polar surface area (TPSA) is 59.3 Å². The van der Waals surface area contributed by atoms with Crippen molar-refractivity contribution < 1.29 is 17.9 Å². The fourth-order valence-electron chi connectivity index (χ4n) is 3.20. The molecular weight excluding hydrogens is 319 g/mol. The van der Waals surface area contributed by atoms with E-state index in [-0.39, 0.29) is 5.60 Å². The van der Waals surface area contributed by atoms with Crippen LogP contribution < -0.4 is 16.4 Å². The van der Waals surface area contributed by atoms with E-state index in [0.29, 0.717) is 13.0 Å². The summed E-state index contributed by atoms with van der Waals surface area (Å²) in [6, 6.07) is 4.08. The van der Waals surface area contributed by atoms with Gasteiger partial charge in [-0.1, -0.05) is 6.07 Å². The van der Waals surface area contributed by atoms with Gasteiger partial charge in [0.05, 0.1) is 17.8 Å². The van der Waals surface area contributed by atoms with E-state index in [0.717, 1.165) is 37.1 Å². The number of nitrogens with two attached hydrogens (primary N) is 1. The third kappa shape index (κ3) is 4.21. The van der Waals surface area contributed by atoms with Gasteiger partial charge in [0.1, 0.15) is 0 Å². The molecule has 2 aliphatic heterocycles. The third-order valence-corrected chi connectivity index (χ3v) is 4.35. The van der Waals surface area contributed by atoms with Gasteiger partial charge in [-0.25, -0.2) is 0 Å². The van der Waals surface area contributed by atoms with Gasteiger partial charge < -0.3 is 21.1 Å². The van der Waals surface area contributed by atoms with Crippen LogP contribution in [0.4, 0.5) is 13.2 Å². The molecule has 4 nitrogen and oxygen atoms in total. The Morgan fingerprint density at radius 3 is 2.54 bits per heavy atom. The predicted molar refractivity (Wildman–Crippen MR) is 87.3 cm³/mol. The molecule has 0 amide bonds. The van der Waals surface area contributed by atoms with Crippen molar-refractivity contribution in [2.24, 2.45) is 5.73 Å². The van der Waals surface area contributed by atoms with E-state index in [9.17, 15) is 13.2 Å². The first-order valence-corrected chi connectivity index (χ1v) is 8.02. The van der Waals surface area contributed by atoms with Crippen molar-refractivity contribution in [1.29, 1.82) is 0 Å². The van der Waals surface area contributed by atoms with Crippen LogP contribution in [0.2, 0.25) is 0 Å². The Balaban J connectivity index is 0.000000368. The molecule has 0 radical (unpaired) electrons. The Kier molecular flexibility index (Phi) is 6.12. The van der Waals surface area contributed by atoms with E-state index in [1.165, 1.54) is 18.3 Å². The second-order valence-electron chi connectivity index (χ2n) is 5.86. The maximum atomic E-state index is 12.8. The largest absolute Gasteiger partial charge is 0.416 e. The van der Waals surface area contributed by atoms with Gasteiger partial charge in [0, 0.05) is 19.4 Å². The SMILES string of the molecule is CN/C=C\N.FC(F)(F)c1ccc2c(c1)CCOC21CCNCC1. The summed E-state index contributed by atoms with van der Waals surface area (Å²) in [7, 11) is 1.80. The molecule has 2 aliphatic rings. The molecule has 0 saturated carbocycles. The summed E-state index contributed by atoms with van der Waals surface area (Å²) < 4.78 is 44.2. The van der Waals surface area contributed by atoms with Crippen LogP contribution in [-0.2, 0) is 22.9 Å². The summed E-state index contributed by atoms with van der Waals surface area (Å²) in [5.74, 6) is 0. The summed E-state index contributed by atoms with van der Waals surface area (Å²) >= 11 is 0. The zero-order valence-electron chi connectivity index (χ0n) is 13.7. The molecule has 0 aliphatic carbocycles. The fourth-order valence-corrected chi connectivity index (χ4v) is 3.20. The second kappa shape index (κ2) is 7.90. The maximum absolute atomic E-state index is 12.8. The molecule has 0 atom stereocenters. The minimum atomic E-state index is -4.27. The average molecular weight is 343 g/mol. The van der Waals surface area contributed by atoms with Gasteiger partial charge in [0.15, 0.2) is 0 Å². The molecule has 0 bridgehead atoms. The van der Waals surface area contributed by atoms with Crippen LogP contribution >= 0.6 is 0 Å². The van der Waals surface area contributed by atoms with Gasteiger partial charge >= 0.3 is 6.18 Å². The number of benzene rings is 1. The lowest BCUT2D eigenvalue weighted by molar-refractivity contribution is -0.138. The molecule has 1 aromatic carbocycles. The van der Waals surface area contributed by atoms with E-state index >= 15 is 0 Å². The molecular formula is C17H24F3N3O.